The van der Waals surface area contributed by atoms with E-state index in [2.05, 4.69) is 10.6 Å². The van der Waals surface area contributed by atoms with Gasteiger partial charge in [-0.2, -0.15) is 17.0 Å². The van der Waals surface area contributed by atoms with Crippen LogP contribution in [0.1, 0.15) is 38.7 Å². The number of amides is 2. The van der Waals surface area contributed by atoms with E-state index in [9.17, 15) is 22.4 Å². The molecule has 0 radical (unpaired) electrons. The van der Waals surface area contributed by atoms with Gasteiger partial charge in [0.15, 0.2) is 0 Å². The van der Waals surface area contributed by atoms with Crippen molar-refractivity contribution >= 4 is 27.7 Å². The molecule has 0 aromatic heterocycles. The van der Waals surface area contributed by atoms with E-state index in [1.54, 1.807) is 13.8 Å². The maximum Gasteiger partial charge on any atom is 0.282 e. The van der Waals surface area contributed by atoms with Gasteiger partial charge in [0.25, 0.3) is 10.2 Å². The number of carbonyl (C=O) groups is 2. The number of nitrogens with zero attached hydrogens (tertiary/aromatic N) is 2. The van der Waals surface area contributed by atoms with E-state index in [1.165, 1.54) is 32.9 Å². The van der Waals surface area contributed by atoms with Gasteiger partial charge in [-0.3, -0.25) is 9.59 Å². The molecule has 212 valence electrons. The normalized spacial score (nSPS) is 20.6. The highest BCUT2D eigenvalue weighted by Crippen LogP contribution is 2.32. The summed E-state index contributed by atoms with van der Waals surface area (Å²) in [6, 6.07) is 13.0. The van der Waals surface area contributed by atoms with E-state index in [4.69, 9.17) is 5.73 Å². The third-order valence-corrected chi connectivity index (χ3v) is 9.57. The van der Waals surface area contributed by atoms with Crippen LogP contribution in [0.3, 0.4) is 0 Å². The quantitative estimate of drug-likeness (QED) is 0.369. The molecule has 0 bridgehead atoms. The van der Waals surface area contributed by atoms with Gasteiger partial charge in [-0.25, -0.2) is 4.39 Å². The summed E-state index contributed by atoms with van der Waals surface area (Å²) in [6.45, 7) is 4.49. The molecule has 2 aliphatic rings. The fourth-order valence-corrected chi connectivity index (χ4v) is 6.66. The van der Waals surface area contributed by atoms with Crippen LogP contribution in [0.15, 0.2) is 54.6 Å². The third kappa shape index (κ3) is 7.63. The largest absolute Gasteiger partial charge is 0.350 e. The van der Waals surface area contributed by atoms with Gasteiger partial charge in [0.2, 0.25) is 11.8 Å². The molecular weight excluding hydrogens is 521 g/mol. The van der Waals surface area contributed by atoms with Gasteiger partial charge in [0.1, 0.15) is 11.9 Å². The predicted molar refractivity (Wildman–Crippen MR) is 148 cm³/mol. The summed E-state index contributed by atoms with van der Waals surface area (Å²) in [5.74, 6) is -1.16. The number of nitrogens with two attached hydrogens (primary N) is 1. The first-order chi connectivity index (χ1) is 18.5. The lowest BCUT2D eigenvalue weighted by atomic mass is 9.92. The molecule has 1 saturated heterocycles. The lowest BCUT2D eigenvalue weighted by Crippen LogP contribution is -2.55. The molecule has 1 heterocycles. The Balaban J connectivity index is 1.41. The van der Waals surface area contributed by atoms with E-state index in [0.717, 1.165) is 18.4 Å². The zero-order valence-corrected chi connectivity index (χ0v) is 23.2. The zero-order chi connectivity index (χ0) is 28.2. The van der Waals surface area contributed by atoms with Crippen molar-refractivity contribution in [2.75, 3.05) is 25.0 Å². The summed E-state index contributed by atoms with van der Waals surface area (Å²) >= 11 is 0. The zero-order valence-electron chi connectivity index (χ0n) is 22.4. The first kappa shape index (κ1) is 29.1. The molecule has 9 nitrogen and oxygen atoms in total. The smallest absolute Gasteiger partial charge is 0.282 e. The number of hydrogen-bond acceptors (Lipinski definition) is 5. The molecule has 1 aliphatic carbocycles. The summed E-state index contributed by atoms with van der Waals surface area (Å²) in [4.78, 5) is 26.1. The minimum Gasteiger partial charge on any atom is -0.350 e. The molecule has 39 heavy (non-hydrogen) atoms. The highest BCUT2D eigenvalue weighted by atomic mass is 32.2. The standard InChI is InChI=1S/C28H38FN5O4S/c1-19(27(35)31-24-12-10-23(29)11-13-24)16-25(30)26(17-21-6-4-3-5-7-21)32-28(36)20(2)34-15-14-33(39(34,37)38)18-22-8-9-22/h3-7,10-13,19-20,22,25-26H,8-9,14-18,30H2,1-2H3,(H,31,35)(H,32,36)/t19-,20+,25+,26+/m1/s1. The number of hydrogen-bond donors (Lipinski definition) is 3. The molecule has 2 fully saturated rings. The molecular formula is C28H38FN5O4S. The van der Waals surface area contributed by atoms with Crippen LogP contribution in [0, 0.1) is 17.7 Å². The molecule has 1 aliphatic heterocycles. The van der Waals surface area contributed by atoms with Crippen LogP contribution in [-0.2, 0) is 26.2 Å². The van der Waals surface area contributed by atoms with E-state index < -0.39 is 46.0 Å². The van der Waals surface area contributed by atoms with Crippen molar-refractivity contribution in [3.8, 4) is 0 Å². The minimum absolute atomic E-state index is 0.264. The Kier molecular flexibility index (Phi) is 9.37. The summed E-state index contributed by atoms with van der Waals surface area (Å²) < 4.78 is 42.1. The van der Waals surface area contributed by atoms with Crippen LogP contribution in [0.5, 0.6) is 0 Å². The predicted octanol–water partition coefficient (Wildman–Crippen LogP) is 2.51. The van der Waals surface area contributed by atoms with E-state index in [1.807, 2.05) is 30.3 Å². The lowest BCUT2D eigenvalue weighted by Gasteiger charge is -2.30. The summed E-state index contributed by atoms with van der Waals surface area (Å²) in [5, 5.41) is 5.75. The second-order valence-corrected chi connectivity index (χ2v) is 12.6. The van der Waals surface area contributed by atoms with Gasteiger partial charge in [0, 0.05) is 43.3 Å². The van der Waals surface area contributed by atoms with Crippen molar-refractivity contribution in [3.63, 3.8) is 0 Å². The number of rotatable bonds is 12. The van der Waals surface area contributed by atoms with Crippen LogP contribution >= 0.6 is 0 Å². The van der Waals surface area contributed by atoms with Crippen molar-refractivity contribution in [2.45, 2.75) is 57.7 Å². The number of halogens is 1. The molecule has 0 unspecified atom stereocenters. The number of benzene rings is 2. The SMILES string of the molecule is C[C@H](C[C@H](N)[C@H](Cc1ccccc1)NC(=O)[C@H](C)N1CCN(CC2CC2)S1(=O)=O)C(=O)Nc1ccc(F)cc1. The lowest BCUT2D eigenvalue weighted by molar-refractivity contribution is -0.125. The number of anilines is 1. The van der Waals surface area contributed by atoms with Crippen molar-refractivity contribution < 1.29 is 22.4 Å². The van der Waals surface area contributed by atoms with Crippen LogP contribution in [0.25, 0.3) is 0 Å². The molecule has 2 aromatic carbocycles. The average molecular weight is 560 g/mol. The monoisotopic (exact) mass is 559 g/mol. The van der Waals surface area contributed by atoms with Crippen LogP contribution < -0.4 is 16.4 Å². The maximum atomic E-state index is 13.4. The second kappa shape index (κ2) is 12.5. The first-order valence-electron chi connectivity index (χ1n) is 13.5. The van der Waals surface area contributed by atoms with Gasteiger partial charge in [0.05, 0.1) is 0 Å². The van der Waals surface area contributed by atoms with E-state index >= 15 is 0 Å². The first-order valence-corrected chi connectivity index (χ1v) is 14.9. The Morgan fingerprint density at radius 3 is 2.33 bits per heavy atom. The van der Waals surface area contributed by atoms with E-state index in [-0.39, 0.29) is 18.9 Å². The summed E-state index contributed by atoms with van der Waals surface area (Å²) in [7, 11) is -3.71. The molecule has 4 rings (SSSR count). The number of nitrogens with one attached hydrogen (secondary N) is 2. The van der Waals surface area contributed by atoms with Gasteiger partial charge in [-0.05, 0) is 68.4 Å². The van der Waals surface area contributed by atoms with Crippen LogP contribution in [0.2, 0.25) is 0 Å². The van der Waals surface area contributed by atoms with Crippen LogP contribution in [-0.4, -0.2) is 66.6 Å². The van der Waals surface area contributed by atoms with Gasteiger partial charge >= 0.3 is 0 Å². The molecule has 2 amide bonds. The Bertz CT molecular complexity index is 1240. The Morgan fingerprint density at radius 2 is 1.69 bits per heavy atom. The third-order valence-electron chi connectivity index (χ3n) is 7.49. The van der Waals surface area contributed by atoms with Crippen molar-refractivity contribution in [1.82, 2.24) is 13.9 Å². The molecule has 2 aromatic rings. The van der Waals surface area contributed by atoms with Gasteiger partial charge < -0.3 is 16.4 Å². The highest BCUT2D eigenvalue weighted by molar-refractivity contribution is 7.87. The van der Waals surface area contributed by atoms with E-state index in [0.29, 0.717) is 31.1 Å². The summed E-state index contributed by atoms with van der Waals surface area (Å²) in [5.41, 5.74) is 8.01. The van der Waals surface area contributed by atoms with Crippen LogP contribution in [0.4, 0.5) is 10.1 Å². The maximum absolute atomic E-state index is 13.4. The van der Waals surface area contributed by atoms with Crippen molar-refractivity contribution in [3.05, 3.63) is 66.0 Å². The summed E-state index contributed by atoms with van der Waals surface area (Å²) in [6.07, 6.45) is 2.78. The molecule has 4 atom stereocenters. The Morgan fingerprint density at radius 1 is 1.03 bits per heavy atom. The molecule has 1 saturated carbocycles. The fraction of sp³-hybridized carbons (Fsp3) is 0.500. The van der Waals surface area contributed by atoms with Gasteiger partial charge in [-0.15, -0.1) is 0 Å². The number of carbonyl (C=O) groups excluding carboxylic acids is 2. The Labute approximate surface area is 230 Å². The Hall–Kier alpha value is -2.86. The average Bonchev–Trinajstić information content (AvgIpc) is 3.68. The highest BCUT2D eigenvalue weighted by Gasteiger charge is 2.43. The fourth-order valence-electron chi connectivity index (χ4n) is 4.85. The van der Waals surface area contributed by atoms with Gasteiger partial charge in [-0.1, -0.05) is 37.3 Å². The second-order valence-electron chi connectivity index (χ2n) is 10.7. The topological polar surface area (TPSA) is 125 Å². The molecule has 11 heteroatoms. The molecule has 0 spiro atoms. The van der Waals surface area contributed by atoms with Crippen molar-refractivity contribution in [2.24, 2.45) is 17.6 Å². The molecule has 4 N–H and O–H groups in total. The minimum atomic E-state index is -3.71. The van der Waals surface area contributed by atoms with Crippen molar-refractivity contribution in [1.29, 1.82) is 0 Å².